The van der Waals surface area contributed by atoms with Crippen LogP contribution in [-0.2, 0) is 14.4 Å². The number of nitrogens with two attached hydrogens (primary N) is 1. The zero-order valence-corrected chi connectivity index (χ0v) is 7.52. The Morgan fingerprint density at radius 3 is 2.62 bits per heavy atom. The first-order valence-electron chi connectivity index (χ1n) is 3.47. The molecule has 0 saturated carbocycles. The van der Waals surface area contributed by atoms with Gasteiger partial charge in [-0.1, -0.05) is 0 Å². The summed E-state index contributed by atoms with van der Waals surface area (Å²) in [6, 6.07) is 0. The molecular formula is C7H12N2O4. The van der Waals surface area contributed by atoms with Crippen molar-refractivity contribution in [3.63, 3.8) is 0 Å². The Hall–Kier alpha value is -1.40. The van der Waals surface area contributed by atoms with Crippen LogP contribution in [0.5, 0.6) is 0 Å². The average molecular weight is 188 g/mol. The maximum absolute atomic E-state index is 10.3. The van der Waals surface area contributed by atoms with Crippen LogP contribution in [0, 0.1) is 0 Å². The minimum atomic E-state index is -0.961. The van der Waals surface area contributed by atoms with Gasteiger partial charge in [0, 0.05) is 13.1 Å². The van der Waals surface area contributed by atoms with Gasteiger partial charge in [0.2, 0.25) is 0 Å². The molecule has 0 aliphatic rings. The molecule has 1 amide bonds. The minimum absolute atomic E-state index is 0.131. The van der Waals surface area contributed by atoms with Gasteiger partial charge in [-0.25, -0.2) is 4.79 Å². The van der Waals surface area contributed by atoms with Gasteiger partial charge in [-0.2, -0.15) is 5.06 Å². The van der Waals surface area contributed by atoms with Crippen LogP contribution < -0.4 is 5.73 Å². The molecule has 0 radical (unpaired) electrons. The van der Waals surface area contributed by atoms with Crippen LogP contribution in [0.1, 0.15) is 0 Å². The highest BCUT2D eigenvalue weighted by Crippen LogP contribution is 1.98. The van der Waals surface area contributed by atoms with E-state index in [2.05, 4.69) is 4.74 Å². The highest BCUT2D eigenvalue weighted by atomic mass is 16.7. The third-order valence-corrected chi connectivity index (χ3v) is 1.18. The highest BCUT2D eigenvalue weighted by molar-refractivity contribution is 5.69. The number of carbonyl (C=O) groups excluding carboxylic acids is 2. The predicted molar refractivity (Wildman–Crippen MR) is 44.5 cm³/mol. The molecule has 0 aromatic carbocycles. The first-order valence-corrected chi connectivity index (χ1v) is 3.47. The molecule has 0 atom stereocenters. The van der Waals surface area contributed by atoms with Gasteiger partial charge in [-0.3, -0.25) is 4.79 Å². The van der Waals surface area contributed by atoms with Crippen LogP contribution in [0.3, 0.4) is 0 Å². The maximum atomic E-state index is 10.3. The molecule has 0 aromatic heterocycles. The molecule has 13 heavy (non-hydrogen) atoms. The number of likely N-dealkylation sites (N-methyl/N-ethyl adjacent to an activating group) is 1. The van der Waals surface area contributed by atoms with Gasteiger partial charge in [0.15, 0.2) is 0 Å². The molecule has 0 saturated heterocycles. The predicted octanol–water partition coefficient (Wildman–Crippen LogP) is -0.342. The fourth-order valence-corrected chi connectivity index (χ4v) is 0.608. The van der Waals surface area contributed by atoms with E-state index in [0.29, 0.717) is 6.29 Å². The number of ether oxygens (including phenoxy) is 1. The van der Waals surface area contributed by atoms with E-state index >= 15 is 0 Å². The lowest BCUT2D eigenvalue weighted by atomic mass is 10.4. The second-order valence-electron chi connectivity index (χ2n) is 2.16. The summed E-state index contributed by atoms with van der Waals surface area (Å²) in [6.07, 6.45) is 0.639. The van der Waals surface area contributed by atoms with Crippen molar-refractivity contribution in [2.75, 3.05) is 20.7 Å². The Labute approximate surface area is 75.8 Å². The van der Waals surface area contributed by atoms with E-state index in [-0.39, 0.29) is 12.3 Å². The van der Waals surface area contributed by atoms with E-state index in [0.717, 1.165) is 6.08 Å². The fraction of sp³-hybridized carbons (Fsp3) is 0.429. The summed E-state index contributed by atoms with van der Waals surface area (Å²) in [5.41, 5.74) is 4.76. The molecule has 6 heteroatoms. The van der Waals surface area contributed by atoms with Gasteiger partial charge in [0.05, 0.1) is 13.7 Å². The molecular weight excluding hydrogens is 176 g/mol. The van der Waals surface area contributed by atoms with Crippen molar-refractivity contribution in [1.29, 1.82) is 0 Å². The van der Waals surface area contributed by atoms with Crippen molar-refractivity contribution in [2.45, 2.75) is 0 Å². The summed E-state index contributed by atoms with van der Waals surface area (Å²) < 4.78 is 4.51. The van der Waals surface area contributed by atoms with E-state index in [9.17, 15) is 9.59 Å². The molecule has 0 spiro atoms. The second kappa shape index (κ2) is 6.15. The molecule has 0 bridgehead atoms. The van der Waals surface area contributed by atoms with E-state index in [1.165, 1.54) is 12.2 Å². The number of nitrogens with zero attached hydrogens (tertiary/aromatic N) is 1. The van der Waals surface area contributed by atoms with E-state index in [1.54, 1.807) is 7.05 Å². The average Bonchev–Trinajstić information content (AvgIpc) is 2.03. The molecule has 0 aromatic rings. The number of carbonyl (C=O) groups is 2. The lowest BCUT2D eigenvalue weighted by Gasteiger charge is -2.14. The number of primary amides is 1. The number of amides is 1. The number of hydrogen-bond acceptors (Lipinski definition) is 5. The molecule has 0 fully saturated rings. The number of allylic oxidation sites excluding steroid dienone is 1. The van der Waals surface area contributed by atoms with Gasteiger partial charge in [0.25, 0.3) is 0 Å². The number of aldehydes is 1. The van der Waals surface area contributed by atoms with Crippen LogP contribution in [-0.4, -0.2) is 38.1 Å². The Kier molecular flexibility index (Phi) is 5.49. The molecule has 0 unspecified atom stereocenters. The van der Waals surface area contributed by atoms with E-state index < -0.39 is 6.09 Å². The normalized spacial score (nSPS) is 11.5. The molecule has 0 heterocycles. The summed E-state index contributed by atoms with van der Waals surface area (Å²) in [7, 11) is 3.06. The number of rotatable bonds is 5. The summed E-state index contributed by atoms with van der Waals surface area (Å²) >= 11 is 0. The summed E-state index contributed by atoms with van der Waals surface area (Å²) in [5, 5.41) is 1.37. The molecule has 0 aliphatic heterocycles. The quantitative estimate of drug-likeness (QED) is 0.276. The highest BCUT2D eigenvalue weighted by Gasteiger charge is 2.05. The number of hydrogen-bond donors (Lipinski definition) is 1. The van der Waals surface area contributed by atoms with Crippen LogP contribution in [0.2, 0.25) is 0 Å². The first-order chi connectivity index (χ1) is 6.10. The molecule has 74 valence electrons. The van der Waals surface area contributed by atoms with Crippen molar-refractivity contribution in [3.8, 4) is 0 Å². The first kappa shape index (κ1) is 11.6. The van der Waals surface area contributed by atoms with Gasteiger partial charge < -0.3 is 15.3 Å². The van der Waals surface area contributed by atoms with Crippen LogP contribution in [0.4, 0.5) is 4.79 Å². The fourth-order valence-electron chi connectivity index (χ4n) is 0.608. The number of hydroxylamine groups is 2. The van der Waals surface area contributed by atoms with Crippen molar-refractivity contribution in [3.05, 3.63) is 11.8 Å². The smallest absolute Gasteiger partial charge is 0.409 e. The lowest BCUT2D eigenvalue weighted by Crippen LogP contribution is -2.23. The second-order valence-corrected chi connectivity index (χ2v) is 2.16. The standard InChI is InChI=1S/C7H12N2O4/c1-9(12-2)5-6(3-4-10)13-7(8)11/h3-4H,5H2,1-2H3,(H2,8,11). The van der Waals surface area contributed by atoms with Crippen molar-refractivity contribution < 1.29 is 19.2 Å². The Balaban J connectivity index is 4.18. The van der Waals surface area contributed by atoms with Gasteiger partial charge >= 0.3 is 6.09 Å². The van der Waals surface area contributed by atoms with Crippen molar-refractivity contribution in [2.24, 2.45) is 5.73 Å². The Morgan fingerprint density at radius 1 is 1.62 bits per heavy atom. The monoisotopic (exact) mass is 188 g/mol. The zero-order chi connectivity index (χ0) is 10.3. The summed E-state index contributed by atoms with van der Waals surface area (Å²) in [5.74, 6) is 0.131. The minimum Gasteiger partial charge on any atom is -0.413 e. The molecule has 2 N–H and O–H groups in total. The molecule has 0 rings (SSSR count). The van der Waals surface area contributed by atoms with Crippen molar-refractivity contribution in [1.82, 2.24) is 5.06 Å². The van der Waals surface area contributed by atoms with Gasteiger partial charge in [-0.15, -0.1) is 0 Å². The summed E-state index contributed by atoms with van der Waals surface area (Å²) in [4.78, 5) is 25.2. The topological polar surface area (TPSA) is 81.9 Å². The third kappa shape index (κ3) is 5.83. The molecule has 6 nitrogen and oxygen atoms in total. The van der Waals surface area contributed by atoms with E-state index in [1.807, 2.05) is 0 Å². The third-order valence-electron chi connectivity index (χ3n) is 1.18. The molecule has 0 aliphatic carbocycles. The van der Waals surface area contributed by atoms with Crippen LogP contribution in [0.15, 0.2) is 11.8 Å². The maximum Gasteiger partial charge on any atom is 0.409 e. The Bertz CT molecular complexity index is 215. The SMILES string of the molecule is CON(C)CC(=CC=O)OC(N)=O. The van der Waals surface area contributed by atoms with E-state index in [4.69, 9.17) is 10.6 Å². The summed E-state index contributed by atoms with van der Waals surface area (Å²) in [6.45, 7) is 0.165. The van der Waals surface area contributed by atoms with Crippen LogP contribution in [0.25, 0.3) is 0 Å². The largest absolute Gasteiger partial charge is 0.413 e. The van der Waals surface area contributed by atoms with Crippen LogP contribution >= 0.6 is 0 Å². The lowest BCUT2D eigenvalue weighted by molar-refractivity contribution is -0.108. The van der Waals surface area contributed by atoms with Gasteiger partial charge in [0.1, 0.15) is 12.0 Å². The van der Waals surface area contributed by atoms with Crippen molar-refractivity contribution >= 4 is 12.4 Å². The van der Waals surface area contributed by atoms with Gasteiger partial charge in [-0.05, 0) is 0 Å². The zero-order valence-electron chi connectivity index (χ0n) is 7.52. The Morgan fingerprint density at radius 2 is 2.23 bits per heavy atom.